The molecule has 0 radical (unpaired) electrons. The number of aromatic amines is 1. The highest BCUT2D eigenvalue weighted by Crippen LogP contribution is 2.16. The molecule has 0 bridgehead atoms. The zero-order chi connectivity index (χ0) is 12.8. The number of aromatic nitrogens is 4. The second-order valence-corrected chi connectivity index (χ2v) is 3.24. The smallest absolute Gasteiger partial charge is 0.204 e. The van der Waals surface area contributed by atoms with E-state index >= 15 is 0 Å². The summed E-state index contributed by atoms with van der Waals surface area (Å²) in [5, 5.41) is 33.5. The lowest BCUT2D eigenvalue weighted by molar-refractivity contribution is 0.881. The lowest BCUT2D eigenvalue weighted by Gasteiger charge is -2.00. The first kappa shape index (κ1) is 11.3. The lowest BCUT2D eigenvalue weighted by Crippen LogP contribution is -1.90. The molecule has 86 valence electrons. The van der Waals surface area contributed by atoms with Crippen molar-refractivity contribution in [2.75, 3.05) is 5.32 Å². The molecule has 0 aliphatic heterocycles. The van der Waals surface area contributed by atoms with Crippen LogP contribution >= 0.6 is 0 Å². The molecule has 7 nitrogen and oxygen atoms in total. The Morgan fingerprint density at radius 3 is 2.50 bits per heavy atom. The number of allylic oxidation sites excluding steroid dienone is 1. The molecule has 0 fully saturated rings. The number of benzene rings is 1. The average Bonchev–Trinajstić information content (AvgIpc) is 2.94. The Balaban J connectivity index is 2.12. The van der Waals surface area contributed by atoms with Gasteiger partial charge >= 0.3 is 0 Å². The van der Waals surface area contributed by atoms with Gasteiger partial charge in [-0.05, 0) is 29.5 Å². The van der Waals surface area contributed by atoms with Crippen molar-refractivity contribution in [2.24, 2.45) is 0 Å². The molecular formula is C11H7N7. The number of rotatable bonds is 3. The topological polar surface area (TPSA) is 114 Å². The first-order valence-corrected chi connectivity index (χ1v) is 4.94. The van der Waals surface area contributed by atoms with E-state index < -0.39 is 0 Å². The van der Waals surface area contributed by atoms with Crippen LogP contribution in [0.5, 0.6) is 0 Å². The molecule has 0 unspecified atom stereocenters. The molecule has 0 spiro atoms. The molecule has 1 aromatic carbocycles. The molecule has 2 rings (SSSR count). The summed E-state index contributed by atoms with van der Waals surface area (Å²) in [6, 6.07) is 10.7. The zero-order valence-corrected chi connectivity index (χ0v) is 9.12. The van der Waals surface area contributed by atoms with E-state index in [0.717, 1.165) is 11.3 Å². The van der Waals surface area contributed by atoms with Crippen LogP contribution in [-0.4, -0.2) is 20.6 Å². The highest BCUT2D eigenvalue weighted by atomic mass is 15.5. The van der Waals surface area contributed by atoms with Gasteiger partial charge in [0.1, 0.15) is 17.7 Å². The predicted octanol–water partition coefficient (Wildman–Crippen LogP) is 1.21. The van der Waals surface area contributed by atoms with Gasteiger partial charge < -0.3 is 5.32 Å². The second-order valence-electron chi connectivity index (χ2n) is 3.24. The summed E-state index contributed by atoms with van der Waals surface area (Å²) in [7, 11) is 0. The fraction of sp³-hybridized carbons (Fsp3) is 0. The quantitative estimate of drug-likeness (QED) is 0.775. The standard InChI is InChI=1S/C11H7N7/c12-5-8(6-13)7-14-10-3-1-9(2-4-10)11-15-17-18-16-11/h1-4,7,14H,(H,15,16,17,18). The average molecular weight is 237 g/mol. The molecule has 18 heavy (non-hydrogen) atoms. The maximum absolute atomic E-state index is 8.57. The van der Waals surface area contributed by atoms with Gasteiger partial charge in [0.05, 0.1) is 0 Å². The van der Waals surface area contributed by atoms with Gasteiger partial charge in [0.2, 0.25) is 5.82 Å². The summed E-state index contributed by atoms with van der Waals surface area (Å²) in [4.78, 5) is 0. The predicted molar refractivity (Wildman–Crippen MR) is 62.5 cm³/mol. The van der Waals surface area contributed by atoms with Crippen molar-refractivity contribution in [1.82, 2.24) is 20.6 Å². The summed E-state index contributed by atoms with van der Waals surface area (Å²) < 4.78 is 0. The van der Waals surface area contributed by atoms with Crippen LogP contribution in [0.3, 0.4) is 0 Å². The third kappa shape index (κ3) is 2.49. The number of hydrogen-bond donors (Lipinski definition) is 2. The lowest BCUT2D eigenvalue weighted by atomic mass is 10.2. The third-order valence-corrected chi connectivity index (χ3v) is 2.11. The first-order chi connectivity index (χ1) is 8.83. The van der Waals surface area contributed by atoms with Gasteiger partial charge in [0, 0.05) is 17.5 Å². The van der Waals surface area contributed by atoms with Gasteiger partial charge in [-0.3, -0.25) is 0 Å². The van der Waals surface area contributed by atoms with Gasteiger partial charge in [-0.1, -0.05) is 0 Å². The Bertz CT molecular complexity index is 610. The van der Waals surface area contributed by atoms with Crippen molar-refractivity contribution in [1.29, 1.82) is 10.5 Å². The SMILES string of the molecule is N#CC(C#N)=CNc1ccc(-c2nn[nH]n2)cc1. The molecular weight excluding hydrogens is 230 g/mol. The fourth-order valence-electron chi connectivity index (χ4n) is 1.24. The summed E-state index contributed by atoms with van der Waals surface area (Å²) in [5.74, 6) is 0.506. The number of nitrogens with zero attached hydrogens (tertiary/aromatic N) is 5. The van der Waals surface area contributed by atoms with Crippen LogP contribution < -0.4 is 5.32 Å². The highest BCUT2D eigenvalue weighted by molar-refractivity contribution is 5.60. The fourth-order valence-corrected chi connectivity index (χ4v) is 1.24. The molecule has 2 aromatic rings. The number of anilines is 1. The largest absolute Gasteiger partial charge is 0.360 e. The van der Waals surface area contributed by atoms with Crippen LogP contribution in [0.2, 0.25) is 0 Å². The molecule has 0 atom stereocenters. The summed E-state index contributed by atoms with van der Waals surface area (Å²) in [6.07, 6.45) is 1.35. The van der Waals surface area contributed by atoms with Gasteiger partial charge in [-0.2, -0.15) is 15.7 Å². The Labute approximate surface area is 102 Å². The summed E-state index contributed by atoms with van der Waals surface area (Å²) >= 11 is 0. The molecule has 0 aliphatic rings. The molecule has 0 amide bonds. The van der Waals surface area contributed by atoms with Crippen molar-refractivity contribution in [3.8, 4) is 23.5 Å². The number of H-pyrrole nitrogens is 1. The number of nitriles is 2. The minimum Gasteiger partial charge on any atom is -0.360 e. The maximum Gasteiger partial charge on any atom is 0.204 e. The van der Waals surface area contributed by atoms with E-state index in [-0.39, 0.29) is 5.57 Å². The Morgan fingerprint density at radius 1 is 1.22 bits per heavy atom. The van der Waals surface area contributed by atoms with E-state index in [2.05, 4.69) is 25.9 Å². The van der Waals surface area contributed by atoms with Crippen molar-refractivity contribution in [2.45, 2.75) is 0 Å². The Hall–Kier alpha value is -3.19. The normalized spacial score (nSPS) is 9.00. The Morgan fingerprint density at radius 2 is 1.94 bits per heavy atom. The molecule has 0 saturated carbocycles. The molecule has 0 saturated heterocycles. The molecule has 0 aliphatic carbocycles. The van der Waals surface area contributed by atoms with E-state index in [1.165, 1.54) is 6.20 Å². The monoisotopic (exact) mass is 237 g/mol. The van der Waals surface area contributed by atoms with Crippen molar-refractivity contribution in [3.63, 3.8) is 0 Å². The molecule has 1 aromatic heterocycles. The van der Waals surface area contributed by atoms with Crippen LogP contribution in [-0.2, 0) is 0 Å². The van der Waals surface area contributed by atoms with Gasteiger partial charge in [0.25, 0.3) is 0 Å². The van der Waals surface area contributed by atoms with Crippen molar-refractivity contribution < 1.29 is 0 Å². The molecule has 7 heteroatoms. The highest BCUT2D eigenvalue weighted by Gasteiger charge is 2.01. The third-order valence-electron chi connectivity index (χ3n) is 2.11. The minimum absolute atomic E-state index is 0.0113. The van der Waals surface area contributed by atoms with Crippen LogP contribution in [0.25, 0.3) is 11.4 Å². The van der Waals surface area contributed by atoms with Crippen LogP contribution in [0.4, 0.5) is 5.69 Å². The summed E-state index contributed by atoms with van der Waals surface area (Å²) in [5.41, 5.74) is 1.58. The van der Waals surface area contributed by atoms with Crippen LogP contribution in [0.15, 0.2) is 36.0 Å². The maximum atomic E-state index is 8.57. The van der Waals surface area contributed by atoms with Crippen LogP contribution in [0, 0.1) is 22.7 Å². The van der Waals surface area contributed by atoms with Crippen molar-refractivity contribution >= 4 is 5.69 Å². The molecule has 2 N–H and O–H groups in total. The van der Waals surface area contributed by atoms with E-state index in [9.17, 15) is 0 Å². The Kier molecular flexibility index (Phi) is 3.29. The molecule has 1 heterocycles. The summed E-state index contributed by atoms with van der Waals surface area (Å²) in [6.45, 7) is 0. The zero-order valence-electron chi connectivity index (χ0n) is 9.12. The number of hydrogen-bond acceptors (Lipinski definition) is 6. The minimum atomic E-state index is 0.0113. The van der Waals surface area contributed by atoms with E-state index in [1.807, 2.05) is 0 Å². The van der Waals surface area contributed by atoms with Gasteiger partial charge in [-0.25, -0.2) is 0 Å². The van der Waals surface area contributed by atoms with Gasteiger partial charge in [0.15, 0.2) is 0 Å². The van der Waals surface area contributed by atoms with Crippen molar-refractivity contribution in [3.05, 3.63) is 36.0 Å². The van der Waals surface area contributed by atoms with E-state index in [1.54, 1.807) is 36.4 Å². The van der Waals surface area contributed by atoms with E-state index in [4.69, 9.17) is 10.5 Å². The van der Waals surface area contributed by atoms with Gasteiger partial charge in [-0.15, -0.1) is 10.2 Å². The number of tetrazole rings is 1. The second kappa shape index (κ2) is 5.23. The van der Waals surface area contributed by atoms with E-state index in [0.29, 0.717) is 5.82 Å². The van der Waals surface area contributed by atoms with Crippen LogP contribution in [0.1, 0.15) is 0 Å². The first-order valence-electron chi connectivity index (χ1n) is 4.94. The number of nitrogens with one attached hydrogen (secondary N) is 2.